The highest BCUT2D eigenvalue weighted by Gasteiger charge is 2.15. The van der Waals surface area contributed by atoms with Crippen LogP contribution in [0.1, 0.15) is 5.56 Å². The minimum atomic E-state index is -0.0674. The van der Waals surface area contributed by atoms with Gasteiger partial charge in [-0.15, -0.1) is 11.3 Å². The van der Waals surface area contributed by atoms with E-state index >= 15 is 0 Å². The van der Waals surface area contributed by atoms with Crippen LogP contribution >= 0.6 is 23.1 Å². The van der Waals surface area contributed by atoms with Gasteiger partial charge in [-0.05, 0) is 24.1 Å². The Bertz CT molecular complexity index is 1410. The van der Waals surface area contributed by atoms with E-state index in [2.05, 4.69) is 51.9 Å². The molecule has 5 aromatic rings. The van der Waals surface area contributed by atoms with Crippen LogP contribution in [0.5, 0.6) is 0 Å². The lowest BCUT2D eigenvalue weighted by molar-refractivity contribution is -0.113. The zero-order chi connectivity index (χ0) is 22.6. The molecule has 0 atom stereocenters. The lowest BCUT2D eigenvalue weighted by atomic mass is 10.0. The minimum Gasteiger partial charge on any atom is -0.325 e. The maximum Gasteiger partial charge on any atom is 0.234 e. The fourth-order valence-corrected chi connectivity index (χ4v) is 5.48. The molecule has 6 heteroatoms. The van der Waals surface area contributed by atoms with Crippen molar-refractivity contribution in [3.8, 4) is 22.3 Å². The largest absolute Gasteiger partial charge is 0.325 e. The van der Waals surface area contributed by atoms with Crippen LogP contribution in [0.3, 0.4) is 0 Å². The number of thioether (sulfide) groups is 1. The first-order chi connectivity index (χ1) is 16.2. The van der Waals surface area contributed by atoms with Crippen molar-refractivity contribution in [3.63, 3.8) is 0 Å². The van der Waals surface area contributed by atoms with Gasteiger partial charge in [-0.1, -0.05) is 90.1 Å². The average Bonchev–Trinajstić information content (AvgIpc) is 3.29. The molecule has 0 saturated carbocycles. The molecule has 0 radical (unpaired) electrons. The van der Waals surface area contributed by atoms with Gasteiger partial charge in [0.1, 0.15) is 16.2 Å². The minimum absolute atomic E-state index is 0.0674. The van der Waals surface area contributed by atoms with Crippen LogP contribution in [0, 0.1) is 6.92 Å². The highest BCUT2D eigenvalue weighted by atomic mass is 32.2. The number of benzene rings is 3. The molecular formula is C27H21N3OS2. The standard InChI is InChI=1S/C27H21N3OS2/c1-18-11-13-20(14-12-18)22-15-32-26-25(22)27(29-17-28-26)33-16-24(31)30-23-10-6-5-9-21(23)19-7-3-2-4-8-19/h2-15,17H,16H2,1H3,(H,30,31). The van der Waals surface area contributed by atoms with E-state index in [-0.39, 0.29) is 11.7 Å². The Hall–Kier alpha value is -3.48. The summed E-state index contributed by atoms with van der Waals surface area (Å²) in [7, 11) is 0. The van der Waals surface area contributed by atoms with E-state index in [4.69, 9.17) is 0 Å². The molecule has 1 amide bonds. The molecule has 0 aliphatic heterocycles. The summed E-state index contributed by atoms with van der Waals surface area (Å²) in [5.74, 6) is 0.195. The van der Waals surface area contributed by atoms with Crippen molar-refractivity contribution >= 4 is 44.9 Å². The second kappa shape index (κ2) is 9.57. The molecule has 0 bridgehead atoms. The van der Waals surface area contributed by atoms with Crippen molar-refractivity contribution in [1.82, 2.24) is 9.97 Å². The van der Waals surface area contributed by atoms with Crippen LogP contribution in [0.4, 0.5) is 5.69 Å². The molecule has 0 spiro atoms. The van der Waals surface area contributed by atoms with Gasteiger partial charge in [0.25, 0.3) is 0 Å². The second-order valence-corrected chi connectivity index (χ2v) is 9.44. The third-order valence-corrected chi connectivity index (χ3v) is 7.20. The Morgan fingerprint density at radius 1 is 0.879 bits per heavy atom. The number of carbonyl (C=O) groups excluding carboxylic acids is 1. The zero-order valence-electron chi connectivity index (χ0n) is 18.0. The molecule has 1 N–H and O–H groups in total. The van der Waals surface area contributed by atoms with E-state index < -0.39 is 0 Å². The number of carbonyl (C=O) groups is 1. The molecule has 33 heavy (non-hydrogen) atoms. The van der Waals surface area contributed by atoms with Gasteiger partial charge < -0.3 is 5.32 Å². The number of rotatable bonds is 6. The van der Waals surface area contributed by atoms with E-state index in [1.165, 1.54) is 17.3 Å². The molecular weight excluding hydrogens is 446 g/mol. The van der Waals surface area contributed by atoms with Crippen molar-refractivity contribution in [2.45, 2.75) is 11.9 Å². The quantitative estimate of drug-likeness (QED) is 0.214. The first-order valence-corrected chi connectivity index (χ1v) is 12.4. The predicted octanol–water partition coefficient (Wildman–Crippen LogP) is 7.06. The predicted molar refractivity (Wildman–Crippen MR) is 139 cm³/mol. The number of hydrogen-bond donors (Lipinski definition) is 1. The summed E-state index contributed by atoms with van der Waals surface area (Å²) in [5.41, 5.74) is 6.33. The third kappa shape index (κ3) is 4.67. The summed E-state index contributed by atoms with van der Waals surface area (Å²) in [6.07, 6.45) is 1.57. The van der Waals surface area contributed by atoms with E-state index in [1.807, 2.05) is 54.6 Å². The van der Waals surface area contributed by atoms with Crippen molar-refractivity contribution in [2.24, 2.45) is 0 Å². The lowest BCUT2D eigenvalue weighted by Gasteiger charge is -2.11. The molecule has 0 aliphatic carbocycles. The zero-order valence-corrected chi connectivity index (χ0v) is 19.6. The summed E-state index contributed by atoms with van der Waals surface area (Å²) in [6.45, 7) is 2.08. The molecule has 0 fully saturated rings. The van der Waals surface area contributed by atoms with Crippen LogP contribution < -0.4 is 5.32 Å². The van der Waals surface area contributed by atoms with E-state index in [0.29, 0.717) is 0 Å². The number of para-hydroxylation sites is 1. The number of fused-ring (bicyclic) bond motifs is 1. The maximum atomic E-state index is 12.9. The molecule has 3 aromatic carbocycles. The number of nitrogens with one attached hydrogen (secondary N) is 1. The molecule has 4 nitrogen and oxygen atoms in total. The number of aromatic nitrogens is 2. The molecule has 0 aliphatic rings. The summed E-state index contributed by atoms with van der Waals surface area (Å²) in [6, 6.07) is 26.4. The SMILES string of the molecule is Cc1ccc(-c2csc3ncnc(SCC(=O)Nc4ccccc4-c4ccccc4)c23)cc1. The number of amides is 1. The Labute approximate surface area is 200 Å². The first kappa shape index (κ1) is 21.4. The van der Waals surface area contributed by atoms with Gasteiger partial charge in [0.2, 0.25) is 5.91 Å². The van der Waals surface area contributed by atoms with Crippen molar-refractivity contribution < 1.29 is 4.79 Å². The van der Waals surface area contributed by atoms with Gasteiger partial charge >= 0.3 is 0 Å². The molecule has 5 rings (SSSR count). The summed E-state index contributed by atoms with van der Waals surface area (Å²) >= 11 is 3.04. The molecule has 0 unspecified atom stereocenters. The molecule has 2 heterocycles. The molecule has 0 saturated heterocycles. The van der Waals surface area contributed by atoms with Crippen molar-refractivity contribution in [1.29, 1.82) is 0 Å². The summed E-state index contributed by atoms with van der Waals surface area (Å²) in [5, 5.41) is 7.02. The van der Waals surface area contributed by atoms with Crippen LogP contribution in [-0.2, 0) is 4.79 Å². The van der Waals surface area contributed by atoms with Gasteiger partial charge in [0, 0.05) is 22.2 Å². The first-order valence-electron chi connectivity index (χ1n) is 10.6. The van der Waals surface area contributed by atoms with Crippen molar-refractivity contribution in [3.05, 3.63) is 96.1 Å². The number of hydrogen-bond acceptors (Lipinski definition) is 5. The Kier molecular flexibility index (Phi) is 6.19. The number of aryl methyl sites for hydroxylation is 1. The number of nitrogens with zero attached hydrogens (tertiary/aromatic N) is 2. The Balaban J connectivity index is 1.37. The van der Waals surface area contributed by atoms with Crippen LogP contribution in [0.25, 0.3) is 32.5 Å². The Morgan fingerprint density at radius 2 is 1.61 bits per heavy atom. The number of thiophene rings is 1. The lowest BCUT2D eigenvalue weighted by Crippen LogP contribution is -2.14. The van der Waals surface area contributed by atoms with E-state index in [0.717, 1.165) is 43.2 Å². The Morgan fingerprint density at radius 3 is 2.42 bits per heavy atom. The van der Waals surface area contributed by atoms with Gasteiger partial charge in [0.05, 0.1) is 11.1 Å². The van der Waals surface area contributed by atoms with Crippen LogP contribution in [-0.4, -0.2) is 21.6 Å². The van der Waals surface area contributed by atoms with Crippen LogP contribution in [0.15, 0.2) is 95.6 Å². The van der Waals surface area contributed by atoms with Gasteiger partial charge in [-0.3, -0.25) is 4.79 Å². The van der Waals surface area contributed by atoms with Gasteiger partial charge in [-0.25, -0.2) is 9.97 Å². The van der Waals surface area contributed by atoms with E-state index in [1.54, 1.807) is 17.7 Å². The highest BCUT2D eigenvalue weighted by molar-refractivity contribution is 8.00. The third-order valence-electron chi connectivity index (χ3n) is 5.32. The highest BCUT2D eigenvalue weighted by Crippen LogP contribution is 2.38. The fourth-order valence-electron chi connectivity index (χ4n) is 3.68. The van der Waals surface area contributed by atoms with E-state index in [9.17, 15) is 4.79 Å². The smallest absolute Gasteiger partial charge is 0.234 e. The van der Waals surface area contributed by atoms with Crippen molar-refractivity contribution in [2.75, 3.05) is 11.1 Å². The van der Waals surface area contributed by atoms with Gasteiger partial charge in [0.15, 0.2) is 0 Å². The fraction of sp³-hybridized carbons (Fsp3) is 0.0741. The topological polar surface area (TPSA) is 54.9 Å². The monoisotopic (exact) mass is 467 g/mol. The maximum absolute atomic E-state index is 12.9. The summed E-state index contributed by atoms with van der Waals surface area (Å²) < 4.78 is 0. The average molecular weight is 468 g/mol. The van der Waals surface area contributed by atoms with Gasteiger partial charge in [-0.2, -0.15) is 0 Å². The normalized spacial score (nSPS) is 10.9. The van der Waals surface area contributed by atoms with Crippen LogP contribution in [0.2, 0.25) is 0 Å². The molecule has 162 valence electrons. The second-order valence-electron chi connectivity index (χ2n) is 7.62. The number of anilines is 1. The summed E-state index contributed by atoms with van der Waals surface area (Å²) in [4.78, 5) is 22.7. The molecule has 2 aromatic heterocycles.